The molecule has 5 rings (SSSR count). The van der Waals surface area contributed by atoms with E-state index in [0.29, 0.717) is 46.0 Å². The molecule has 2 N–H and O–H groups in total. The summed E-state index contributed by atoms with van der Waals surface area (Å²) >= 11 is 6.55. The number of benzene rings is 3. The van der Waals surface area contributed by atoms with Gasteiger partial charge in [-0.2, -0.15) is 0 Å². The molecule has 3 aromatic carbocycles. The van der Waals surface area contributed by atoms with E-state index < -0.39 is 5.92 Å². The van der Waals surface area contributed by atoms with E-state index in [2.05, 4.69) is 13.8 Å². The molecule has 0 radical (unpaired) electrons. The van der Waals surface area contributed by atoms with Crippen LogP contribution in [-0.4, -0.2) is 23.8 Å². The first kappa shape index (κ1) is 26.8. The van der Waals surface area contributed by atoms with Crippen LogP contribution in [0.3, 0.4) is 0 Å². The maximum atomic E-state index is 14.0. The van der Waals surface area contributed by atoms with Gasteiger partial charge in [0.25, 0.3) is 0 Å². The first-order valence-electron chi connectivity index (χ1n) is 13.1. The highest BCUT2D eigenvalue weighted by Crippen LogP contribution is 2.51. The maximum Gasteiger partial charge on any atom is 0.162 e. The van der Waals surface area contributed by atoms with Crippen LogP contribution in [0, 0.1) is 24.7 Å². The standard InChI is InChI=1S/C33H33ClN2O3/c1-19-6-9-22(10-7-19)31(38)30-28(21-11-14-24(39-5)15-12-21)29-26(17-33(3,4)18-27(29)37)36(32(30)35)23-13-8-20(2)25(34)16-23/h6-16,28,35,38H,17-18H2,1-5H3/b31-30+,35-32?. The Morgan fingerprint density at radius 3 is 2.31 bits per heavy atom. The van der Waals surface area contributed by atoms with Crippen molar-refractivity contribution >= 4 is 34.7 Å². The number of carbonyl (C=O) groups is 1. The number of ether oxygens (including phenoxy) is 1. The number of aliphatic hydroxyl groups is 1. The molecule has 0 amide bonds. The van der Waals surface area contributed by atoms with E-state index in [9.17, 15) is 15.3 Å². The molecule has 6 heteroatoms. The number of ketones is 1. The van der Waals surface area contributed by atoms with Crippen LogP contribution in [0.5, 0.6) is 5.75 Å². The van der Waals surface area contributed by atoms with Gasteiger partial charge in [0.05, 0.1) is 7.11 Å². The van der Waals surface area contributed by atoms with Crippen LogP contribution in [-0.2, 0) is 4.79 Å². The third-order valence-electron chi connectivity index (χ3n) is 7.67. The van der Waals surface area contributed by atoms with Crippen molar-refractivity contribution in [2.45, 2.75) is 46.5 Å². The molecule has 3 aromatic rings. The Balaban J connectivity index is 1.84. The van der Waals surface area contributed by atoms with Gasteiger partial charge >= 0.3 is 0 Å². The minimum Gasteiger partial charge on any atom is -0.507 e. The molecule has 1 atom stereocenters. The zero-order valence-corrected chi connectivity index (χ0v) is 23.7. The van der Waals surface area contributed by atoms with Gasteiger partial charge < -0.3 is 9.84 Å². The number of allylic oxidation sites excluding steroid dienone is 2. The third-order valence-corrected chi connectivity index (χ3v) is 8.07. The zero-order chi connectivity index (χ0) is 28.1. The number of amidine groups is 1. The minimum atomic E-state index is -0.611. The summed E-state index contributed by atoms with van der Waals surface area (Å²) in [6, 6.07) is 20.7. The number of halogens is 1. The number of nitrogens with zero attached hydrogens (tertiary/aromatic N) is 1. The van der Waals surface area contributed by atoms with Crippen LogP contribution in [0.2, 0.25) is 5.02 Å². The van der Waals surface area contributed by atoms with E-state index >= 15 is 0 Å². The highest BCUT2D eigenvalue weighted by molar-refractivity contribution is 6.32. The summed E-state index contributed by atoms with van der Waals surface area (Å²) in [6.45, 7) is 8.07. The number of hydrogen-bond donors (Lipinski definition) is 2. The Morgan fingerprint density at radius 1 is 1.03 bits per heavy atom. The Hall–Kier alpha value is -3.83. The number of anilines is 1. The van der Waals surface area contributed by atoms with Gasteiger partial charge in [0.1, 0.15) is 17.3 Å². The summed E-state index contributed by atoms with van der Waals surface area (Å²) in [6.07, 6.45) is 0.986. The monoisotopic (exact) mass is 540 g/mol. The van der Waals surface area contributed by atoms with Crippen molar-refractivity contribution in [3.05, 3.63) is 111 Å². The summed E-state index contributed by atoms with van der Waals surface area (Å²) in [4.78, 5) is 15.8. The number of hydrogen-bond acceptors (Lipinski definition) is 4. The zero-order valence-electron chi connectivity index (χ0n) is 22.9. The van der Waals surface area contributed by atoms with E-state index in [0.717, 1.165) is 22.4 Å². The van der Waals surface area contributed by atoms with Crippen molar-refractivity contribution in [3.63, 3.8) is 0 Å². The molecule has 1 unspecified atom stereocenters. The summed E-state index contributed by atoms with van der Waals surface area (Å²) in [5.41, 5.74) is 5.57. The molecule has 2 aliphatic rings. The van der Waals surface area contributed by atoms with Gasteiger partial charge in [0, 0.05) is 45.5 Å². The predicted octanol–water partition coefficient (Wildman–Crippen LogP) is 8.16. The summed E-state index contributed by atoms with van der Waals surface area (Å²) in [5.74, 6) is 0.206. The van der Waals surface area contributed by atoms with Crippen LogP contribution in [0.15, 0.2) is 83.6 Å². The van der Waals surface area contributed by atoms with Gasteiger partial charge in [-0.25, -0.2) is 0 Å². The lowest BCUT2D eigenvalue weighted by Crippen LogP contribution is -2.45. The van der Waals surface area contributed by atoms with Gasteiger partial charge in [0.2, 0.25) is 0 Å². The molecule has 0 bridgehead atoms. The first-order valence-corrected chi connectivity index (χ1v) is 13.4. The van der Waals surface area contributed by atoms with Crippen molar-refractivity contribution in [1.82, 2.24) is 0 Å². The smallest absolute Gasteiger partial charge is 0.162 e. The fraction of sp³-hybridized carbons (Fsp3) is 0.273. The van der Waals surface area contributed by atoms with Gasteiger partial charge in [-0.1, -0.05) is 73.5 Å². The fourth-order valence-electron chi connectivity index (χ4n) is 5.62. The molecule has 39 heavy (non-hydrogen) atoms. The van der Waals surface area contributed by atoms with Crippen LogP contribution in [0.25, 0.3) is 5.76 Å². The summed E-state index contributed by atoms with van der Waals surface area (Å²) in [5, 5.41) is 21.9. The van der Waals surface area contributed by atoms with Crippen molar-refractivity contribution in [2.24, 2.45) is 5.41 Å². The van der Waals surface area contributed by atoms with E-state index in [-0.39, 0.29) is 22.8 Å². The Labute approximate surface area is 234 Å². The second-order valence-corrected chi connectivity index (χ2v) is 11.7. The number of nitrogens with one attached hydrogen (secondary N) is 1. The molecule has 1 aliphatic carbocycles. The van der Waals surface area contributed by atoms with Gasteiger partial charge in [0.15, 0.2) is 5.78 Å². The summed E-state index contributed by atoms with van der Waals surface area (Å²) in [7, 11) is 1.61. The SMILES string of the molecule is COc1ccc(C2C3=C(CC(C)(C)CC3=O)N(c3ccc(C)c(Cl)c3)C(=N)/C2=C(/O)c2ccc(C)cc2)cc1. The molecule has 0 spiro atoms. The lowest BCUT2D eigenvalue weighted by molar-refractivity contribution is -0.118. The summed E-state index contributed by atoms with van der Waals surface area (Å²) < 4.78 is 5.38. The number of methoxy groups -OCH3 is 1. The topological polar surface area (TPSA) is 73.6 Å². The van der Waals surface area contributed by atoms with Gasteiger partial charge in [-0.05, 0) is 61.1 Å². The van der Waals surface area contributed by atoms with Gasteiger partial charge in [-0.3, -0.25) is 15.1 Å². The van der Waals surface area contributed by atoms with Crippen LogP contribution < -0.4 is 9.64 Å². The van der Waals surface area contributed by atoms with Crippen molar-refractivity contribution in [2.75, 3.05) is 12.0 Å². The van der Waals surface area contributed by atoms with E-state index in [4.69, 9.17) is 16.3 Å². The van der Waals surface area contributed by atoms with Crippen LogP contribution in [0.4, 0.5) is 5.69 Å². The Morgan fingerprint density at radius 2 is 1.69 bits per heavy atom. The minimum absolute atomic E-state index is 0.0202. The second kappa shape index (κ2) is 10.0. The molecule has 1 aliphatic heterocycles. The highest BCUT2D eigenvalue weighted by atomic mass is 35.5. The third kappa shape index (κ3) is 4.87. The quantitative estimate of drug-likeness (QED) is 0.327. The molecule has 0 saturated heterocycles. The number of aliphatic hydroxyl groups excluding tert-OH is 1. The number of rotatable bonds is 4. The Bertz CT molecular complexity index is 1530. The molecule has 5 nitrogen and oxygen atoms in total. The molecular formula is C33H33ClN2O3. The fourth-order valence-corrected chi connectivity index (χ4v) is 5.79. The molecule has 0 saturated carbocycles. The molecule has 0 fully saturated rings. The van der Waals surface area contributed by atoms with Crippen molar-refractivity contribution in [1.29, 1.82) is 5.41 Å². The van der Waals surface area contributed by atoms with E-state index in [1.165, 1.54) is 0 Å². The normalized spacial score (nSPS) is 20.2. The average Bonchev–Trinajstić information content (AvgIpc) is 2.89. The van der Waals surface area contributed by atoms with Crippen LogP contribution in [0.1, 0.15) is 54.9 Å². The first-order chi connectivity index (χ1) is 18.5. The largest absolute Gasteiger partial charge is 0.507 e. The molecular weight excluding hydrogens is 508 g/mol. The van der Waals surface area contributed by atoms with E-state index in [1.54, 1.807) is 12.0 Å². The number of carbonyl (C=O) groups excluding carboxylic acids is 1. The Kier molecular flexibility index (Phi) is 6.90. The van der Waals surface area contributed by atoms with Crippen molar-refractivity contribution < 1.29 is 14.6 Å². The van der Waals surface area contributed by atoms with Gasteiger partial charge in [-0.15, -0.1) is 0 Å². The lowest BCUT2D eigenvalue weighted by atomic mass is 9.67. The average molecular weight is 541 g/mol. The maximum absolute atomic E-state index is 14.0. The lowest BCUT2D eigenvalue weighted by Gasteiger charge is -2.45. The molecule has 0 aromatic heterocycles. The van der Waals surface area contributed by atoms with E-state index in [1.807, 2.05) is 80.6 Å². The molecule has 1 heterocycles. The number of aryl methyl sites for hydroxylation is 2. The predicted molar refractivity (Wildman–Crippen MR) is 158 cm³/mol. The number of Topliss-reactive ketones (excluding diaryl/α,β-unsaturated/α-hetero) is 1. The van der Waals surface area contributed by atoms with Crippen molar-refractivity contribution in [3.8, 4) is 5.75 Å². The van der Waals surface area contributed by atoms with Crippen LogP contribution >= 0.6 is 11.6 Å². The highest BCUT2D eigenvalue weighted by Gasteiger charge is 2.46. The second-order valence-electron chi connectivity index (χ2n) is 11.3. The molecule has 200 valence electrons.